The van der Waals surface area contributed by atoms with Crippen LogP contribution in [0.2, 0.25) is 0 Å². The minimum Gasteiger partial charge on any atom is -0.486 e. The predicted molar refractivity (Wildman–Crippen MR) is 119 cm³/mol. The minimum absolute atomic E-state index is 0.186. The molecule has 0 unspecified atom stereocenters. The molecule has 0 aliphatic rings. The molecule has 0 aliphatic heterocycles. The Balaban J connectivity index is 1.47. The van der Waals surface area contributed by atoms with E-state index < -0.39 is 0 Å². The van der Waals surface area contributed by atoms with Gasteiger partial charge in [-0.2, -0.15) is 0 Å². The van der Waals surface area contributed by atoms with Crippen LogP contribution in [0.5, 0.6) is 5.75 Å². The van der Waals surface area contributed by atoms with Gasteiger partial charge in [0.2, 0.25) is 0 Å². The molecule has 4 rings (SSSR count). The number of aromatic nitrogens is 2. The van der Waals surface area contributed by atoms with Crippen LogP contribution in [0.15, 0.2) is 36.4 Å². The van der Waals surface area contributed by atoms with Crippen LogP contribution >= 0.6 is 22.7 Å². The molecule has 0 fully saturated rings. The molecule has 0 bridgehead atoms. The fraction of sp³-hybridized carbons (Fsp3) is 0.227. The molecule has 0 saturated heterocycles. The highest BCUT2D eigenvalue weighted by molar-refractivity contribution is 7.22. The average molecular weight is 424 g/mol. The van der Waals surface area contributed by atoms with Crippen LogP contribution in [0.1, 0.15) is 37.1 Å². The third-order valence-corrected chi connectivity index (χ3v) is 6.69. The van der Waals surface area contributed by atoms with E-state index in [9.17, 15) is 4.79 Å². The Kier molecular flexibility index (Phi) is 5.34. The second-order valence-corrected chi connectivity index (χ2v) is 9.12. The number of hydrogen-bond acceptors (Lipinski definition) is 6. The van der Waals surface area contributed by atoms with Crippen molar-refractivity contribution < 1.29 is 9.53 Å². The summed E-state index contributed by atoms with van der Waals surface area (Å²) in [7, 11) is 0. The van der Waals surface area contributed by atoms with Crippen molar-refractivity contribution in [3.8, 4) is 5.75 Å². The van der Waals surface area contributed by atoms with Gasteiger partial charge in [-0.15, -0.1) is 11.3 Å². The van der Waals surface area contributed by atoms with Crippen molar-refractivity contribution in [1.82, 2.24) is 9.97 Å². The van der Waals surface area contributed by atoms with Gasteiger partial charge in [-0.05, 0) is 68.7 Å². The lowest BCUT2D eigenvalue weighted by Gasteiger charge is -2.04. The fourth-order valence-electron chi connectivity index (χ4n) is 2.96. The van der Waals surface area contributed by atoms with Crippen LogP contribution < -0.4 is 10.1 Å². The SMILES string of the molecule is Cc1cccc(OCc2nc(C)c(C(=O)Nc3nc4cc(C)c(C)cc4s3)s2)c1. The number of amides is 1. The van der Waals surface area contributed by atoms with Crippen molar-refractivity contribution in [2.75, 3.05) is 5.32 Å². The molecule has 0 spiro atoms. The molecule has 5 nitrogen and oxygen atoms in total. The average Bonchev–Trinajstić information content (AvgIpc) is 3.23. The van der Waals surface area contributed by atoms with E-state index in [1.807, 2.05) is 38.1 Å². The third-order valence-electron chi connectivity index (χ3n) is 4.62. The first-order valence-electron chi connectivity index (χ1n) is 9.24. The first kappa shape index (κ1) is 19.5. The number of nitrogens with zero attached hydrogens (tertiary/aromatic N) is 2. The van der Waals surface area contributed by atoms with E-state index in [1.165, 1.54) is 33.8 Å². The molecular weight excluding hydrogens is 402 g/mol. The van der Waals surface area contributed by atoms with Crippen LogP contribution in [0, 0.1) is 27.7 Å². The van der Waals surface area contributed by atoms with Gasteiger partial charge in [-0.3, -0.25) is 10.1 Å². The van der Waals surface area contributed by atoms with E-state index in [2.05, 4.69) is 41.3 Å². The molecule has 0 saturated carbocycles. The van der Waals surface area contributed by atoms with Gasteiger partial charge in [0.05, 0.1) is 15.9 Å². The number of nitrogens with one attached hydrogen (secondary N) is 1. The Labute approximate surface area is 177 Å². The van der Waals surface area contributed by atoms with E-state index >= 15 is 0 Å². The molecular formula is C22H21N3O2S2. The summed E-state index contributed by atoms with van der Waals surface area (Å²) in [6, 6.07) is 12.0. The minimum atomic E-state index is -0.186. The molecule has 2 heterocycles. The molecule has 2 aromatic carbocycles. The second kappa shape index (κ2) is 7.93. The van der Waals surface area contributed by atoms with Crippen LogP contribution in [0.3, 0.4) is 0 Å². The number of aryl methyl sites for hydroxylation is 4. The number of carbonyl (C=O) groups is 1. The van der Waals surface area contributed by atoms with Gasteiger partial charge in [0.25, 0.3) is 5.91 Å². The zero-order valence-corrected chi connectivity index (χ0v) is 18.3. The topological polar surface area (TPSA) is 64.1 Å². The van der Waals surface area contributed by atoms with Gasteiger partial charge in [-0.25, -0.2) is 9.97 Å². The highest BCUT2D eigenvalue weighted by Gasteiger charge is 2.17. The van der Waals surface area contributed by atoms with E-state index in [0.29, 0.717) is 22.3 Å². The van der Waals surface area contributed by atoms with E-state index in [1.54, 1.807) is 0 Å². The Morgan fingerprint density at radius 2 is 1.83 bits per heavy atom. The number of hydrogen-bond donors (Lipinski definition) is 1. The summed E-state index contributed by atoms with van der Waals surface area (Å²) in [5, 5.41) is 4.29. The number of thiazole rings is 2. The molecule has 4 aromatic rings. The molecule has 1 amide bonds. The number of rotatable bonds is 5. The summed E-state index contributed by atoms with van der Waals surface area (Å²) in [5.41, 5.74) is 5.15. The van der Waals surface area contributed by atoms with Crippen LogP contribution in [0.25, 0.3) is 10.2 Å². The zero-order valence-electron chi connectivity index (χ0n) is 16.7. The van der Waals surface area contributed by atoms with Crippen molar-refractivity contribution in [1.29, 1.82) is 0 Å². The highest BCUT2D eigenvalue weighted by atomic mass is 32.1. The van der Waals surface area contributed by atoms with Gasteiger partial charge in [0.15, 0.2) is 5.13 Å². The van der Waals surface area contributed by atoms with Gasteiger partial charge in [-0.1, -0.05) is 23.5 Å². The van der Waals surface area contributed by atoms with Gasteiger partial charge >= 0.3 is 0 Å². The molecule has 148 valence electrons. The van der Waals surface area contributed by atoms with Crippen LogP contribution in [-0.2, 0) is 6.61 Å². The van der Waals surface area contributed by atoms with Crippen molar-refractivity contribution in [2.24, 2.45) is 0 Å². The largest absolute Gasteiger partial charge is 0.486 e. The fourth-order valence-corrected chi connectivity index (χ4v) is 4.78. The second-order valence-electron chi connectivity index (χ2n) is 7.00. The summed E-state index contributed by atoms with van der Waals surface area (Å²) < 4.78 is 6.87. The van der Waals surface area contributed by atoms with Crippen LogP contribution in [0.4, 0.5) is 5.13 Å². The Morgan fingerprint density at radius 1 is 1.03 bits per heavy atom. The maximum Gasteiger partial charge on any atom is 0.269 e. The molecule has 0 radical (unpaired) electrons. The lowest BCUT2D eigenvalue weighted by Crippen LogP contribution is -2.11. The zero-order chi connectivity index (χ0) is 20.5. The monoisotopic (exact) mass is 423 g/mol. The first-order chi connectivity index (χ1) is 13.9. The first-order valence-corrected chi connectivity index (χ1v) is 10.9. The van der Waals surface area contributed by atoms with Crippen molar-refractivity contribution in [2.45, 2.75) is 34.3 Å². The normalized spacial score (nSPS) is 11.0. The number of ether oxygens (including phenoxy) is 1. The third kappa shape index (κ3) is 4.31. The summed E-state index contributed by atoms with van der Waals surface area (Å²) in [5.74, 6) is 0.609. The number of fused-ring (bicyclic) bond motifs is 1. The van der Waals surface area contributed by atoms with Crippen molar-refractivity contribution in [3.63, 3.8) is 0 Å². The van der Waals surface area contributed by atoms with E-state index in [-0.39, 0.29) is 5.91 Å². The summed E-state index contributed by atoms with van der Waals surface area (Å²) in [6.45, 7) is 8.34. The number of benzene rings is 2. The van der Waals surface area contributed by atoms with Gasteiger partial charge < -0.3 is 4.74 Å². The molecule has 2 aromatic heterocycles. The maximum absolute atomic E-state index is 12.8. The number of anilines is 1. The molecule has 7 heteroatoms. The predicted octanol–water partition coefficient (Wildman–Crippen LogP) is 5.82. The molecule has 29 heavy (non-hydrogen) atoms. The van der Waals surface area contributed by atoms with Crippen molar-refractivity contribution in [3.05, 3.63) is 68.7 Å². The quantitative estimate of drug-likeness (QED) is 0.439. The van der Waals surface area contributed by atoms with Gasteiger partial charge in [0.1, 0.15) is 22.2 Å². The summed E-state index contributed by atoms with van der Waals surface area (Å²) in [6.07, 6.45) is 0. The molecule has 1 N–H and O–H groups in total. The molecule has 0 atom stereocenters. The molecule has 0 aliphatic carbocycles. The summed E-state index contributed by atoms with van der Waals surface area (Å²) >= 11 is 2.83. The summed E-state index contributed by atoms with van der Waals surface area (Å²) in [4.78, 5) is 22.4. The maximum atomic E-state index is 12.8. The van der Waals surface area contributed by atoms with E-state index in [4.69, 9.17) is 4.74 Å². The Morgan fingerprint density at radius 3 is 2.62 bits per heavy atom. The number of carbonyl (C=O) groups excluding carboxylic acids is 1. The van der Waals surface area contributed by atoms with Crippen molar-refractivity contribution >= 4 is 43.9 Å². The smallest absolute Gasteiger partial charge is 0.269 e. The standard InChI is InChI=1S/C22H21N3O2S2/c1-12-6-5-7-16(8-12)27-11-19-23-15(4)20(29-19)21(26)25-22-24-17-9-13(2)14(3)10-18(17)28-22/h5-10H,11H2,1-4H3,(H,24,25,26). The Hall–Kier alpha value is -2.77. The van der Waals surface area contributed by atoms with Gasteiger partial charge in [0, 0.05) is 0 Å². The van der Waals surface area contributed by atoms with Crippen LogP contribution in [-0.4, -0.2) is 15.9 Å². The highest BCUT2D eigenvalue weighted by Crippen LogP contribution is 2.29. The Bertz CT molecular complexity index is 1170. The lowest BCUT2D eigenvalue weighted by molar-refractivity contribution is 0.103. The van der Waals surface area contributed by atoms with E-state index in [0.717, 1.165) is 26.5 Å². The lowest BCUT2D eigenvalue weighted by atomic mass is 10.1.